The molecule has 1 aromatic carbocycles. The van der Waals surface area contributed by atoms with Crippen molar-refractivity contribution in [1.29, 1.82) is 0 Å². The molecule has 105 valence electrons. The first-order chi connectivity index (χ1) is 9.29. The Bertz CT molecular complexity index is 341. The Labute approximate surface area is 119 Å². The van der Waals surface area contributed by atoms with Gasteiger partial charge in [0, 0.05) is 0 Å². The molecular formula is C19H29. The Balaban J connectivity index is 1.71. The van der Waals surface area contributed by atoms with Crippen molar-refractivity contribution < 1.29 is 0 Å². The van der Waals surface area contributed by atoms with Gasteiger partial charge in [-0.05, 0) is 55.6 Å². The van der Waals surface area contributed by atoms with Crippen molar-refractivity contribution in [2.45, 2.75) is 70.6 Å². The number of hydrogen-bond donors (Lipinski definition) is 0. The third-order valence-electron chi connectivity index (χ3n) is 4.76. The quantitative estimate of drug-likeness (QED) is 0.539. The minimum atomic E-state index is 0.812. The van der Waals surface area contributed by atoms with Gasteiger partial charge in [-0.2, -0.15) is 0 Å². The van der Waals surface area contributed by atoms with Crippen LogP contribution in [0.1, 0.15) is 81.8 Å². The first-order valence-electron chi connectivity index (χ1n) is 8.21. The molecule has 1 aliphatic rings. The smallest absolute Gasteiger partial charge is 0.0162 e. The third kappa shape index (κ3) is 4.67. The first kappa shape index (κ1) is 14.6. The molecular weight excluding hydrogens is 228 g/mol. The van der Waals surface area contributed by atoms with Crippen LogP contribution in [0.15, 0.2) is 24.3 Å². The summed E-state index contributed by atoms with van der Waals surface area (Å²) in [5.74, 6) is 1.83. The summed E-state index contributed by atoms with van der Waals surface area (Å²) in [6, 6.07) is 8.89. The Morgan fingerprint density at radius 1 is 0.947 bits per heavy atom. The molecule has 1 aliphatic carbocycles. The van der Waals surface area contributed by atoms with E-state index in [9.17, 15) is 0 Å². The monoisotopic (exact) mass is 257 g/mol. The van der Waals surface area contributed by atoms with E-state index in [4.69, 9.17) is 0 Å². The largest absolute Gasteiger partial charge is 0.0654 e. The first-order valence-corrected chi connectivity index (χ1v) is 8.21. The van der Waals surface area contributed by atoms with Crippen molar-refractivity contribution in [2.24, 2.45) is 5.92 Å². The van der Waals surface area contributed by atoms with E-state index in [0.717, 1.165) is 17.4 Å². The lowest BCUT2D eigenvalue weighted by molar-refractivity contribution is 0.302. The van der Waals surface area contributed by atoms with Crippen molar-refractivity contribution in [3.05, 3.63) is 42.3 Å². The fraction of sp³-hybridized carbons (Fsp3) is 0.632. The Morgan fingerprint density at radius 3 is 2.26 bits per heavy atom. The molecule has 0 amide bonds. The zero-order valence-corrected chi connectivity index (χ0v) is 12.5. The standard InChI is InChI=1S/C19H29/c1-3-4-5-6-7-17-10-14-19(15-11-17)18-12-8-16(2)9-13-18/h8-9,12-13,17,19H,2-7,10-11,14-15H2,1H3. The molecule has 0 nitrogen and oxygen atoms in total. The molecule has 1 saturated carbocycles. The average molecular weight is 257 g/mol. The lowest BCUT2D eigenvalue weighted by Gasteiger charge is -2.29. The van der Waals surface area contributed by atoms with Crippen LogP contribution in [0, 0.1) is 12.8 Å². The third-order valence-corrected chi connectivity index (χ3v) is 4.76. The van der Waals surface area contributed by atoms with Gasteiger partial charge in [0.05, 0.1) is 0 Å². The summed E-state index contributed by atoms with van der Waals surface area (Å²) in [5.41, 5.74) is 2.67. The predicted octanol–water partition coefficient (Wildman–Crippen LogP) is 6.11. The molecule has 0 aromatic heterocycles. The highest BCUT2D eigenvalue weighted by molar-refractivity contribution is 5.27. The highest BCUT2D eigenvalue weighted by atomic mass is 14.3. The minimum absolute atomic E-state index is 0.812. The topological polar surface area (TPSA) is 0 Å². The number of hydrogen-bond acceptors (Lipinski definition) is 0. The van der Waals surface area contributed by atoms with E-state index >= 15 is 0 Å². The second kappa shape index (κ2) is 7.72. The number of benzene rings is 1. The van der Waals surface area contributed by atoms with Crippen LogP contribution in [0.25, 0.3) is 0 Å². The molecule has 0 saturated heterocycles. The second-order valence-corrected chi connectivity index (χ2v) is 6.31. The van der Waals surface area contributed by atoms with Crippen LogP contribution in [0.5, 0.6) is 0 Å². The molecule has 0 spiro atoms. The van der Waals surface area contributed by atoms with Crippen LogP contribution in [-0.2, 0) is 0 Å². The molecule has 1 aromatic rings. The SMILES string of the molecule is [CH2]c1ccc(C2CCC(CCCCCC)CC2)cc1. The predicted molar refractivity (Wildman–Crippen MR) is 84.4 cm³/mol. The number of rotatable bonds is 6. The zero-order chi connectivity index (χ0) is 13.5. The zero-order valence-electron chi connectivity index (χ0n) is 12.5. The minimum Gasteiger partial charge on any atom is -0.0654 e. The van der Waals surface area contributed by atoms with Crippen LogP contribution >= 0.6 is 0 Å². The van der Waals surface area contributed by atoms with Crippen molar-refractivity contribution >= 4 is 0 Å². The Kier molecular flexibility index (Phi) is 5.94. The summed E-state index contributed by atoms with van der Waals surface area (Å²) < 4.78 is 0. The van der Waals surface area contributed by atoms with Gasteiger partial charge in [-0.1, -0.05) is 63.3 Å². The van der Waals surface area contributed by atoms with Crippen LogP contribution < -0.4 is 0 Å². The maximum absolute atomic E-state index is 3.97. The molecule has 0 heteroatoms. The highest BCUT2D eigenvalue weighted by Gasteiger charge is 2.21. The van der Waals surface area contributed by atoms with Crippen LogP contribution in [0.4, 0.5) is 0 Å². The fourth-order valence-electron chi connectivity index (χ4n) is 3.43. The molecule has 2 rings (SSSR count). The molecule has 0 bridgehead atoms. The second-order valence-electron chi connectivity index (χ2n) is 6.31. The van der Waals surface area contributed by atoms with E-state index in [1.54, 1.807) is 0 Å². The normalized spacial score (nSPS) is 23.5. The van der Waals surface area contributed by atoms with E-state index in [1.807, 2.05) is 0 Å². The van der Waals surface area contributed by atoms with Gasteiger partial charge in [0.25, 0.3) is 0 Å². The molecule has 1 fully saturated rings. The van der Waals surface area contributed by atoms with Crippen LogP contribution in [0.3, 0.4) is 0 Å². The maximum Gasteiger partial charge on any atom is -0.0162 e. The van der Waals surface area contributed by atoms with Gasteiger partial charge in [-0.25, -0.2) is 0 Å². The summed E-state index contributed by atoms with van der Waals surface area (Å²) in [6.45, 7) is 6.26. The number of unbranched alkanes of at least 4 members (excludes halogenated alkanes) is 3. The van der Waals surface area contributed by atoms with Gasteiger partial charge in [-0.3, -0.25) is 0 Å². The molecule has 1 radical (unpaired) electrons. The maximum atomic E-state index is 3.97. The highest BCUT2D eigenvalue weighted by Crippen LogP contribution is 2.37. The Morgan fingerprint density at radius 2 is 1.63 bits per heavy atom. The van der Waals surface area contributed by atoms with E-state index in [-0.39, 0.29) is 0 Å². The van der Waals surface area contributed by atoms with Gasteiger partial charge in [-0.15, -0.1) is 0 Å². The van der Waals surface area contributed by atoms with Gasteiger partial charge in [0.2, 0.25) is 0 Å². The van der Waals surface area contributed by atoms with Crippen molar-refractivity contribution in [3.63, 3.8) is 0 Å². The fourth-order valence-corrected chi connectivity index (χ4v) is 3.43. The average Bonchev–Trinajstić information content (AvgIpc) is 2.45. The molecule has 0 atom stereocenters. The van der Waals surface area contributed by atoms with Crippen LogP contribution in [0.2, 0.25) is 0 Å². The molecule has 0 N–H and O–H groups in total. The molecule has 0 unspecified atom stereocenters. The lowest BCUT2D eigenvalue weighted by atomic mass is 9.77. The van der Waals surface area contributed by atoms with Gasteiger partial charge >= 0.3 is 0 Å². The Hall–Kier alpha value is -0.780. The van der Waals surface area contributed by atoms with Crippen molar-refractivity contribution in [3.8, 4) is 0 Å². The lowest BCUT2D eigenvalue weighted by Crippen LogP contribution is -2.13. The van der Waals surface area contributed by atoms with Gasteiger partial charge in [0.15, 0.2) is 0 Å². The summed E-state index contributed by atoms with van der Waals surface area (Å²) in [5, 5.41) is 0. The van der Waals surface area contributed by atoms with E-state index in [2.05, 4.69) is 38.1 Å². The van der Waals surface area contributed by atoms with Gasteiger partial charge < -0.3 is 0 Å². The summed E-state index contributed by atoms with van der Waals surface area (Å²) >= 11 is 0. The van der Waals surface area contributed by atoms with E-state index in [1.165, 1.54) is 63.4 Å². The molecule has 0 aliphatic heterocycles. The molecule has 0 heterocycles. The van der Waals surface area contributed by atoms with Crippen molar-refractivity contribution in [2.75, 3.05) is 0 Å². The van der Waals surface area contributed by atoms with E-state index < -0.39 is 0 Å². The summed E-state index contributed by atoms with van der Waals surface area (Å²) in [6.07, 6.45) is 12.8. The summed E-state index contributed by atoms with van der Waals surface area (Å²) in [4.78, 5) is 0. The van der Waals surface area contributed by atoms with Crippen molar-refractivity contribution in [1.82, 2.24) is 0 Å². The molecule has 19 heavy (non-hydrogen) atoms. The van der Waals surface area contributed by atoms with Crippen LogP contribution in [-0.4, -0.2) is 0 Å². The summed E-state index contributed by atoms with van der Waals surface area (Å²) in [7, 11) is 0. The van der Waals surface area contributed by atoms with Gasteiger partial charge in [0.1, 0.15) is 0 Å². The van der Waals surface area contributed by atoms with E-state index in [0.29, 0.717) is 0 Å².